The Bertz CT molecular complexity index is 771. The number of carbonyl (C=O) groups excluding carboxylic acids is 2. The minimum atomic E-state index is -0.408. The first kappa shape index (κ1) is 15.6. The van der Waals surface area contributed by atoms with Gasteiger partial charge in [-0.25, -0.2) is 0 Å². The van der Waals surface area contributed by atoms with Gasteiger partial charge in [0.25, 0.3) is 0 Å². The lowest BCUT2D eigenvalue weighted by Crippen LogP contribution is -2.28. The number of aryl methyl sites for hydroxylation is 2. The third-order valence-electron chi connectivity index (χ3n) is 3.89. The van der Waals surface area contributed by atoms with E-state index in [4.69, 9.17) is 11.6 Å². The van der Waals surface area contributed by atoms with Crippen molar-refractivity contribution in [2.24, 2.45) is 13.0 Å². The number of para-hydroxylation sites is 1. The quantitative estimate of drug-likeness (QED) is 0.938. The van der Waals surface area contributed by atoms with Crippen LogP contribution in [0, 0.1) is 12.8 Å². The van der Waals surface area contributed by atoms with E-state index in [1.165, 1.54) is 0 Å². The van der Waals surface area contributed by atoms with E-state index in [2.05, 4.69) is 10.4 Å². The van der Waals surface area contributed by atoms with Gasteiger partial charge in [0, 0.05) is 26.1 Å². The van der Waals surface area contributed by atoms with E-state index in [1.54, 1.807) is 40.9 Å². The van der Waals surface area contributed by atoms with Crippen LogP contribution >= 0.6 is 11.6 Å². The zero-order chi connectivity index (χ0) is 16.6. The fourth-order valence-electron chi connectivity index (χ4n) is 2.74. The summed E-state index contributed by atoms with van der Waals surface area (Å²) in [5.41, 5.74) is 1.47. The van der Waals surface area contributed by atoms with E-state index in [9.17, 15) is 9.59 Å². The minimum Gasteiger partial charge on any atom is -0.311 e. The Kier molecular flexibility index (Phi) is 4.09. The van der Waals surface area contributed by atoms with Gasteiger partial charge in [-0.05, 0) is 19.1 Å². The highest BCUT2D eigenvalue weighted by Crippen LogP contribution is 2.31. The molecule has 6 nitrogen and oxygen atoms in total. The number of anilines is 2. The molecule has 1 atom stereocenters. The second-order valence-electron chi connectivity index (χ2n) is 5.64. The first-order valence-corrected chi connectivity index (χ1v) is 7.70. The molecule has 1 saturated heterocycles. The molecule has 0 saturated carbocycles. The molecule has 1 aromatic carbocycles. The molecule has 1 fully saturated rings. The lowest BCUT2D eigenvalue weighted by molar-refractivity contribution is -0.122. The summed E-state index contributed by atoms with van der Waals surface area (Å²) >= 11 is 6.14. The molecular weight excluding hydrogens is 316 g/mol. The van der Waals surface area contributed by atoms with Gasteiger partial charge in [-0.3, -0.25) is 14.3 Å². The number of carbonyl (C=O) groups is 2. The Labute approximate surface area is 139 Å². The molecule has 0 spiro atoms. The van der Waals surface area contributed by atoms with Gasteiger partial charge in [-0.2, -0.15) is 5.10 Å². The van der Waals surface area contributed by atoms with Crippen molar-refractivity contribution in [1.29, 1.82) is 0 Å². The molecule has 120 valence electrons. The number of hydrogen-bond acceptors (Lipinski definition) is 3. The Morgan fingerprint density at radius 3 is 2.78 bits per heavy atom. The molecule has 1 N–H and O–H groups in total. The molecule has 3 rings (SSSR count). The summed E-state index contributed by atoms with van der Waals surface area (Å²) in [5.74, 6) is -0.0690. The summed E-state index contributed by atoms with van der Waals surface area (Å²) in [4.78, 5) is 26.2. The summed E-state index contributed by atoms with van der Waals surface area (Å²) in [6, 6.07) is 8.93. The average Bonchev–Trinajstić information content (AvgIpc) is 3.02. The van der Waals surface area contributed by atoms with Crippen molar-refractivity contribution in [3.63, 3.8) is 0 Å². The molecule has 1 aliphatic rings. The van der Waals surface area contributed by atoms with Gasteiger partial charge in [0.2, 0.25) is 11.8 Å². The Balaban J connectivity index is 1.73. The number of amides is 2. The van der Waals surface area contributed by atoms with Crippen molar-refractivity contribution < 1.29 is 9.59 Å². The molecule has 0 bridgehead atoms. The van der Waals surface area contributed by atoms with Gasteiger partial charge in [-0.1, -0.05) is 23.7 Å². The monoisotopic (exact) mass is 332 g/mol. The smallest absolute Gasteiger partial charge is 0.230 e. The Morgan fingerprint density at radius 2 is 2.13 bits per heavy atom. The van der Waals surface area contributed by atoms with Crippen LogP contribution < -0.4 is 10.2 Å². The van der Waals surface area contributed by atoms with Crippen LogP contribution in [0.3, 0.4) is 0 Å². The summed E-state index contributed by atoms with van der Waals surface area (Å²) in [6.45, 7) is 2.18. The first-order valence-electron chi connectivity index (χ1n) is 7.32. The number of nitrogens with zero attached hydrogens (tertiary/aromatic N) is 3. The van der Waals surface area contributed by atoms with Gasteiger partial charge in [-0.15, -0.1) is 0 Å². The van der Waals surface area contributed by atoms with Gasteiger partial charge < -0.3 is 10.2 Å². The van der Waals surface area contributed by atoms with E-state index in [1.807, 2.05) is 13.0 Å². The molecule has 2 heterocycles. The van der Waals surface area contributed by atoms with Gasteiger partial charge >= 0.3 is 0 Å². The molecule has 1 aliphatic heterocycles. The van der Waals surface area contributed by atoms with Gasteiger partial charge in [0.05, 0.1) is 22.3 Å². The number of aromatic nitrogens is 2. The summed E-state index contributed by atoms with van der Waals surface area (Å²) in [6.07, 6.45) is 0.174. The van der Waals surface area contributed by atoms with Crippen LogP contribution in [0.2, 0.25) is 5.02 Å². The van der Waals surface area contributed by atoms with Crippen LogP contribution in [0.5, 0.6) is 0 Å². The topological polar surface area (TPSA) is 67.2 Å². The summed E-state index contributed by atoms with van der Waals surface area (Å²) < 4.78 is 1.61. The van der Waals surface area contributed by atoms with Crippen LogP contribution in [-0.2, 0) is 16.6 Å². The Morgan fingerprint density at radius 1 is 1.39 bits per heavy atom. The highest BCUT2D eigenvalue weighted by Gasteiger charge is 2.36. The van der Waals surface area contributed by atoms with Crippen molar-refractivity contribution in [2.45, 2.75) is 13.3 Å². The fourth-order valence-corrected chi connectivity index (χ4v) is 2.98. The summed E-state index contributed by atoms with van der Waals surface area (Å²) in [5, 5.41) is 7.52. The maximum atomic E-state index is 12.4. The van der Waals surface area contributed by atoms with E-state index in [0.29, 0.717) is 23.1 Å². The lowest BCUT2D eigenvalue weighted by atomic mass is 10.1. The number of nitrogens with one attached hydrogen (secondary N) is 1. The third-order valence-corrected chi connectivity index (χ3v) is 4.21. The number of hydrogen-bond donors (Lipinski definition) is 1. The zero-order valence-electron chi connectivity index (χ0n) is 12.9. The first-order chi connectivity index (χ1) is 11.0. The molecule has 1 unspecified atom stereocenters. The highest BCUT2D eigenvalue weighted by molar-refractivity contribution is 6.33. The molecule has 2 amide bonds. The Hall–Kier alpha value is -2.34. The standard InChI is InChI=1S/C16H17ClN4O2/c1-10-7-14(20(2)19-10)18-16(23)11-8-15(22)21(9-11)13-6-4-3-5-12(13)17/h3-7,11H,8-9H2,1-2H3,(H,18,23). The lowest BCUT2D eigenvalue weighted by Gasteiger charge is -2.18. The second-order valence-corrected chi connectivity index (χ2v) is 6.05. The normalized spacial score (nSPS) is 17.6. The molecule has 0 radical (unpaired) electrons. The zero-order valence-corrected chi connectivity index (χ0v) is 13.7. The molecule has 7 heteroatoms. The van der Waals surface area contributed by atoms with E-state index in [0.717, 1.165) is 5.69 Å². The second kappa shape index (κ2) is 6.04. The van der Waals surface area contributed by atoms with Gasteiger partial charge in [0.1, 0.15) is 5.82 Å². The van der Waals surface area contributed by atoms with E-state index >= 15 is 0 Å². The van der Waals surface area contributed by atoms with Crippen LogP contribution in [0.1, 0.15) is 12.1 Å². The van der Waals surface area contributed by atoms with Crippen LogP contribution in [0.25, 0.3) is 0 Å². The maximum absolute atomic E-state index is 12.4. The molecule has 2 aromatic rings. The summed E-state index contributed by atoms with van der Waals surface area (Å²) in [7, 11) is 1.76. The molecular formula is C16H17ClN4O2. The number of benzene rings is 1. The fraction of sp³-hybridized carbons (Fsp3) is 0.312. The molecule has 1 aromatic heterocycles. The van der Waals surface area contributed by atoms with Crippen LogP contribution in [0.4, 0.5) is 11.5 Å². The predicted octanol–water partition coefficient (Wildman–Crippen LogP) is 2.37. The highest BCUT2D eigenvalue weighted by atomic mass is 35.5. The van der Waals surface area contributed by atoms with Crippen LogP contribution in [0.15, 0.2) is 30.3 Å². The van der Waals surface area contributed by atoms with Crippen molar-refractivity contribution in [1.82, 2.24) is 9.78 Å². The van der Waals surface area contributed by atoms with Gasteiger partial charge in [0.15, 0.2) is 0 Å². The van der Waals surface area contributed by atoms with Crippen LogP contribution in [-0.4, -0.2) is 28.1 Å². The molecule has 0 aliphatic carbocycles. The van der Waals surface area contributed by atoms with Crippen molar-refractivity contribution in [2.75, 3.05) is 16.8 Å². The predicted molar refractivity (Wildman–Crippen MR) is 88.5 cm³/mol. The van der Waals surface area contributed by atoms with E-state index < -0.39 is 5.92 Å². The van der Waals surface area contributed by atoms with E-state index in [-0.39, 0.29) is 18.2 Å². The SMILES string of the molecule is Cc1cc(NC(=O)C2CC(=O)N(c3ccccc3Cl)C2)n(C)n1. The molecule has 23 heavy (non-hydrogen) atoms. The number of rotatable bonds is 3. The minimum absolute atomic E-state index is 0.0977. The largest absolute Gasteiger partial charge is 0.311 e. The van der Waals surface area contributed by atoms with Crippen molar-refractivity contribution in [3.05, 3.63) is 41.0 Å². The maximum Gasteiger partial charge on any atom is 0.230 e. The third kappa shape index (κ3) is 3.07. The average molecular weight is 333 g/mol. The van der Waals surface area contributed by atoms with Crippen molar-refractivity contribution in [3.8, 4) is 0 Å². The number of halogens is 1. The van der Waals surface area contributed by atoms with Crippen molar-refractivity contribution >= 4 is 34.9 Å².